The Labute approximate surface area is 112 Å². The van der Waals surface area contributed by atoms with Crippen molar-refractivity contribution < 1.29 is 8.42 Å². The molecule has 1 saturated heterocycles. The maximum Gasteiger partial charge on any atom is 0.153 e. The Hall–Kier alpha value is 0.480. The first-order chi connectivity index (χ1) is 7.44. The van der Waals surface area contributed by atoms with Crippen molar-refractivity contribution in [3.8, 4) is 0 Å². The molecule has 0 aromatic carbocycles. The molecule has 0 spiro atoms. The fourth-order valence-corrected chi connectivity index (χ4v) is 5.24. The van der Waals surface area contributed by atoms with Crippen molar-refractivity contribution >= 4 is 49.7 Å². The molecule has 0 radical (unpaired) electrons. The number of thiocarbonyl (C=S) groups is 1. The summed E-state index contributed by atoms with van der Waals surface area (Å²) in [6.45, 7) is 2.12. The lowest BCUT2D eigenvalue weighted by molar-refractivity contribution is 0.600. The van der Waals surface area contributed by atoms with Crippen molar-refractivity contribution in [1.82, 2.24) is 5.32 Å². The summed E-state index contributed by atoms with van der Waals surface area (Å²) in [5.41, 5.74) is 0. The number of halogens is 1. The zero-order chi connectivity index (χ0) is 12.2. The normalized spacial score (nSPS) is 27.9. The number of hydrogen-bond acceptors (Lipinski definition) is 4. The third kappa shape index (κ3) is 4.77. The molecule has 1 rings (SSSR count). The summed E-state index contributed by atoms with van der Waals surface area (Å²) >= 11 is 12.6. The van der Waals surface area contributed by atoms with E-state index >= 15 is 0 Å². The molecule has 0 aromatic heterocycles. The zero-order valence-corrected chi connectivity index (χ0v) is 12.3. The molecule has 1 aliphatic rings. The monoisotopic (exact) mass is 301 g/mol. The maximum atomic E-state index is 11.3. The van der Waals surface area contributed by atoms with Crippen molar-refractivity contribution in [3.63, 3.8) is 0 Å². The van der Waals surface area contributed by atoms with Crippen molar-refractivity contribution in [2.75, 3.05) is 17.3 Å². The van der Waals surface area contributed by atoms with Gasteiger partial charge in [0.15, 0.2) is 9.84 Å². The summed E-state index contributed by atoms with van der Waals surface area (Å²) in [4.78, 5) is 0. The fraction of sp³-hybridized carbons (Fsp3) is 0.889. The smallest absolute Gasteiger partial charge is 0.153 e. The number of rotatable bonds is 4. The number of nitrogens with one attached hydrogen (secondary N) is 1. The van der Waals surface area contributed by atoms with E-state index in [0.717, 1.165) is 18.6 Å². The van der Waals surface area contributed by atoms with Gasteiger partial charge in [0, 0.05) is 5.75 Å². The summed E-state index contributed by atoms with van der Waals surface area (Å²) in [5, 5.41) is 2.66. The van der Waals surface area contributed by atoms with E-state index in [1.165, 1.54) is 0 Å². The van der Waals surface area contributed by atoms with Crippen molar-refractivity contribution in [1.29, 1.82) is 0 Å². The Balaban J connectivity index is 2.35. The van der Waals surface area contributed by atoms with Gasteiger partial charge in [-0.15, -0.1) is 11.6 Å². The standard InChI is InChI=1S/C9H16ClNO2S3/c1-2-3-4-15-9(14)11-8-6-16(12,13)5-7(8)10/h7-8H,2-6H2,1H3,(H,11,14)/t7-,8+/m0/s1. The minimum atomic E-state index is -2.98. The molecule has 0 saturated carbocycles. The number of alkyl halides is 1. The number of unbranched alkanes of at least 4 members (excludes halogenated alkanes) is 1. The van der Waals surface area contributed by atoms with Crippen molar-refractivity contribution in [2.45, 2.75) is 31.2 Å². The first kappa shape index (κ1) is 14.5. The largest absolute Gasteiger partial charge is 0.366 e. The lowest BCUT2D eigenvalue weighted by Crippen LogP contribution is -2.38. The molecule has 2 atom stereocenters. The average Bonchev–Trinajstić information content (AvgIpc) is 2.40. The van der Waals surface area contributed by atoms with E-state index in [1.807, 2.05) is 0 Å². The Bertz CT molecular complexity index is 345. The Kier molecular flexibility index (Phi) is 5.84. The Morgan fingerprint density at radius 3 is 2.75 bits per heavy atom. The summed E-state index contributed by atoms with van der Waals surface area (Å²) in [5.74, 6) is 1.11. The molecule has 1 aliphatic heterocycles. The van der Waals surface area contributed by atoms with Crippen LogP contribution >= 0.6 is 35.6 Å². The lowest BCUT2D eigenvalue weighted by atomic mass is 10.3. The second kappa shape index (κ2) is 6.42. The first-order valence-electron chi connectivity index (χ1n) is 5.22. The minimum absolute atomic E-state index is 0.0501. The van der Waals surface area contributed by atoms with Crippen LogP contribution in [0.4, 0.5) is 0 Å². The van der Waals surface area contributed by atoms with Crippen LogP contribution in [0.15, 0.2) is 0 Å². The van der Waals surface area contributed by atoms with E-state index in [2.05, 4.69) is 12.2 Å². The minimum Gasteiger partial charge on any atom is -0.366 e. The molecule has 1 fully saturated rings. The van der Waals surface area contributed by atoms with E-state index in [0.29, 0.717) is 4.32 Å². The van der Waals surface area contributed by atoms with Crippen LogP contribution in [-0.4, -0.2) is 41.4 Å². The van der Waals surface area contributed by atoms with Gasteiger partial charge in [-0.3, -0.25) is 0 Å². The fourth-order valence-electron chi connectivity index (χ4n) is 1.44. The van der Waals surface area contributed by atoms with Gasteiger partial charge in [0.1, 0.15) is 4.32 Å². The van der Waals surface area contributed by atoms with Crippen molar-refractivity contribution in [3.05, 3.63) is 0 Å². The highest BCUT2D eigenvalue weighted by Crippen LogP contribution is 2.19. The molecular weight excluding hydrogens is 286 g/mol. The van der Waals surface area contributed by atoms with E-state index in [4.69, 9.17) is 23.8 Å². The second-order valence-electron chi connectivity index (χ2n) is 3.83. The van der Waals surface area contributed by atoms with E-state index in [-0.39, 0.29) is 22.9 Å². The summed E-state index contributed by atoms with van der Waals surface area (Å²) in [6, 6.07) is -0.228. The second-order valence-corrected chi connectivity index (χ2v) is 8.32. The zero-order valence-electron chi connectivity index (χ0n) is 9.11. The average molecular weight is 302 g/mol. The number of thioether (sulfide) groups is 1. The molecule has 1 heterocycles. The highest BCUT2D eigenvalue weighted by molar-refractivity contribution is 8.22. The van der Waals surface area contributed by atoms with Gasteiger partial charge >= 0.3 is 0 Å². The third-order valence-electron chi connectivity index (χ3n) is 2.32. The first-order valence-corrected chi connectivity index (χ1v) is 8.87. The van der Waals surface area contributed by atoms with Crippen LogP contribution in [0.1, 0.15) is 19.8 Å². The topological polar surface area (TPSA) is 46.2 Å². The van der Waals surface area contributed by atoms with Gasteiger partial charge in [0.05, 0.1) is 22.9 Å². The van der Waals surface area contributed by atoms with Crippen LogP contribution in [0.5, 0.6) is 0 Å². The molecule has 7 heteroatoms. The molecule has 94 valence electrons. The molecule has 1 N–H and O–H groups in total. The van der Waals surface area contributed by atoms with E-state index < -0.39 is 9.84 Å². The van der Waals surface area contributed by atoms with Gasteiger partial charge < -0.3 is 5.32 Å². The van der Waals surface area contributed by atoms with Gasteiger partial charge in [-0.25, -0.2) is 8.42 Å². The van der Waals surface area contributed by atoms with Crippen LogP contribution in [-0.2, 0) is 9.84 Å². The Morgan fingerprint density at radius 1 is 1.56 bits per heavy atom. The van der Waals surface area contributed by atoms with Crippen LogP contribution in [0, 0.1) is 0 Å². The Morgan fingerprint density at radius 2 is 2.25 bits per heavy atom. The van der Waals surface area contributed by atoms with Gasteiger partial charge in [0.2, 0.25) is 0 Å². The van der Waals surface area contributed by atoms with Crippen LogP contribution in [0.25, 0.3) is 0 Å². The molecule has 3 nitrogen and oxygen atoms in total. The highest BCUT2D eigenvalue weighted by atomic mass is 35.5. The van der Waals surface area contributed by atoms with Crippen LogP contribution < -0.4 is 5.32 Å². The summed E-state index contributed by atoms with van der Waals surface area (Å²) in [6.07, 6.45) is 2.24. The SMILES string of the molecule is CCCCSC(=S)N[C@@H]1CS(=O)(=O)C[C@@H]1Cl. The summed E-state index contributed by atoms with van der Waals surface area (Å²) in [7, 11) is -2.98. The molecule has 16 heavy (non-hydrogen) atoms. The molecule has 0 bridgehead atoms. The molecular formula is C9H16ClNO2S3. The number of hydrogen-bond donors (Lipinski definition) is 1. The number of sulfone groups is 1. The predicted molar refractivity (Wildman–Crippen MR) is 75.2 cm³/mol. The van der Waals surface area contributed by atoms with Gasteiger partial charge in [-0.1, -0.05) is 37.3 Å². The van der Waals surface area contributed by atoms with Crippen LogP contribution in [0.3, 0.4) is 0 Å². The predicted octanol–water partition coefficient (Wildman–Crippen LogP) is 1.80. The maximum absolute atomic E-state index is 11.3. The van der Waals surface area contributed by atoms with Crippen molar-refractivity contribution in [2.24, 2.45) is 0 Å². The van der Waals surface area contributed by atoms with Gasteiger partial charge in [-0.2, -0.15) is 0 Å². The lowest BCUT2D eigenvalue weighted by Gasteiger charge is -2.15. The van der Waals surface area contributed by atoms with Gasteiger partial charge in [0.25, 0.3) is 0 Å². The quantitative estimate of drug-likeness (QED) is 0.487. The van der Waals surface area contributed by atoms with Crippen LogP contribution in [0.2, 0.25) is 0 Å². The molecule has 0 unspecified atom stereocenters. The van der Waals surface area contributed by atoms with E-state index in [1.54, 1.807) is 11.8 Å². The van der Waals surface area contributed by atoms with Gasteiger partial charge in [-0.05, 0) is 6.42 Å². The third-order valence-corrected chi connectivity index (χ3v) is 6.04. The summed E-state index contributed by atoms with van der Waals surface area (Å²) < 4.78 is 23.3. The molecule has 0 amide bonds. The molecule has 0 aliphatic carbocycles. The molecule has 0 aromatic rings. The highest BCUT2D eigenvalue weighted by Gasteiger charge is 2.36. The van der Waals surface area contributed by atoms with E-state index in [9.17, 15) is 8.42 Å².